The third kappa shape index (κ3) is 3.73. The third-order valence-corrected chi connectivity index (χ3v) is 4.70. The third-order valence-electron chi connectivity index (χ3n) is 4.20. The van der Waals surface area contributed by atoms with Gasteiger partial charge >= 0.3 is 5.97 Å². The Bertz CT molecular complexity index is 734. The number of ether oxygens (including phenoxy) is 1. The number of carbonyl (C=O) groups excluding carboxylic acids is 4. The largest absolute Gasteiger partial charge is 0.467 e. The molecule has 3 amide bonds. The zero-order chi connectivity index (χ0) is 18.7. The van der Waals surface area contributed by atoms with Crippen LogP contribution in [-0.2, 0) is 14.3 Å². The highest BCUT2D eigenvalue weighted by atomic mass is 79.9. The maximum atomic E-state index is 12.4. The number of esters is 1. The molecule has 25 heavy (non-hydrogen) atoms. The lowest BCUT2D eigenvalue weighted by Crippen LogP contribution is -2.44. The summed E-state index contributed by atoms with van der Waals surface area (Å²) in [4.78, 5) is 51.1. The average Bonchev–Trinajstić information content (AvgIpc) is 2.83. The van der Waals surface area contributed by atoms with Gasteiger partial charge in [-0.3, -0.25) is 19.3 Å². The Labute approximate surface area is 154 Å². The molecular weight excluding hydrogens is 392 g/mol. The van der Waals surface area contributed by atoms with Gasteiger partial charge in [0.2, 0.25) is 5.91 Å². The minimum absolute atomic E-state index is 0.0370. The van der Waals surface area contributed by atoms with E-state index in [4.69, 9.17) is 0 Å². The van der Waals surface area contributed by atoms with E-state index in [1.165, 1.54) is 19.1 Å². The summed E-state index contributed by atoms with van der Waals surface area (Å²) < 4.78 is 5.39. The molecule has 1 aromatic rings. The Morgan fingerprint density at radius 2 is 1.88 bits per heavy atom. The number of fused-ring (bicyclic) bond motifs is 1. The van der Waals surface area contributed by atoms with Gasteiger partial charge in [-0.25, -0.2) is 4.79 Å². The van der Waals surface area contributed by atoms with E-state index in [1.807, 2.05) is 0 Å². The van der Waals surface area contributed by atoms with Gasteiger partial charge in [0.25, 0.3) is 11.8 Å². The van der Waals surface area contributed by atoms with Crippen molar-refractivity contribution in [1.29, 1.82) is 0 Å². The maximum Gasteiger partial charge on any atom is 0.328 e. The van der Waals surface area contributed by atoms with E-state index in [1.54, 1.807) is 25.1 Å². The first-order valence-corrected chi connectivity index (χ1v) is 8.60. The van der Waals surface area contributed by atoms with Crippen molar-refractivity contribution in [2.45, 2.75) is 25.8 Å². The van der Waals surface area contributed by atoms with Crippen LogP contribution in [0.25, 0.3) is 0 Å². The summed E-state index contributed by atoms with van der Waals surface area (Å²) in [5.41, 5.74) is 0.649. The fourth-order valence-electron chi connectivity index (χ4n) is 2.76. The SMILES string of the molecule is CC[C@@H](C(=O)OC)N(C)C(=O)CCN1C(=O)c2ccc(Br)cc2C1=O. The molecular formula is C17H19BrN2O5. The molecule has 0 fully saturated rings. The maximum absolute atomic E-state index is 12.4. The highest BCUT2D eigenvalue weighted by Crippen LogP contribution is 2.26. The standard InChI is InChI=1S/C17H19BrN2O5/c1-4-13(17(24)25-3)19(2)14(21)7-8-20-15(22)11-6-5-10(18)9-12(11)16(20)23/h5-6,9,13H,4,7-8H2,1-3H3/t13-/m0/s1. The van der Waals surface area contributed by atoms with Gasteiger partial charge in [-0.2, -0.15) is 0 Å². The van der Waals surface area contributed by atoms with Gasteiger partial charge < -0.3 is 9.64 Å². The number of benzene rings is 1. The summed E-state index contributed by atoms with van der Waals surface area (Å²) >= 11 is 3.27. The van der Waals surface area contributed by atoms with Crippen LogP contribution in [0.1, 0.15) is 40.5 Å². The highest BCUT2D eigenvalue weighted by Gasteiger charge is 2.36. The van der Waals surface area contributed by atoms with Gasteiger partial charge in [0.15, 0.2) is 0 Å². The van der Waals surface area contributed by atoms with Crippen LogP contribution in [0.4, 0.5) is 0 Å². The van der Waals surface area contributed by atoms with Crippen molar-refractivity contribution in [2.75, 3.05) is 20.7 Å². The first-order chi connectivity index (χ1) is 11.8. The Morgan fingerprint density at radius 3 is 2.48 bits per heavy atom. The molecule has 2 rings (SSSR count). The summed E-state index contributed by atoms with van der Waals surface area (Å²) in [6.45, 7) is 1.73. The predicted octanol–water partition coefficient (Wildman–Crippen LogP) is 1.85. The monoisotopic (exact) mass is 410 g/mol. The molecule has 0 radical (unpaired) electrons. The molecule has 1 aliphatic rings. The average molecular weight is 411 g/mol. The molecule has 8 heteroatoms. The van der Waals surface area contributed by atoms with E-state index in [-0.39, 0.29) is 18.9 Å². The van der Waals surface area contributed by atoms with E-state index in [9.17, 15) is 19.2 Å². The van der Waals surface area contributed by atoms with Crippen LogP contribution >= 0.6 is 15.9 Å². The molecule has 0 unspecified atom stereocenters. The van der Waals surface area contributed by atoms with Gasteiger partial charge in [-0.05, 0) is 24.6 Å². The van der Waals surface area contributed by atoms with Crippen LogP contribution in [-0.4, -0.2) is 60.2 Å². The lowest BCUT2D eigenvalue weighted by atomic mass is 10.1. The van der Waals surface area contributed by atoms with Crippen molar-refractivity contribution in [3.63, 3.8) is 0 Å². The number of imide groups is 1. The second-order valence-electron chi connectivity index (χ2n) is 5.65. The number of amides is 3. The molecule has 0 saturated heterocycles. The van der Waals surface area contributed by atoms with Gasteiger partial charge in [0.1, 0.15) is 6.04 Å². The topological polar surface area (TPSA) is 84.0 Å². The van der Waals surface area contributed by atoms with Crippen LogP contribution in [0.5, 0.6) is 0 Å². The Kier molecular flexibility index (Phi) is 5.94. The molecule has 0 saturated carbocycles. The molecule has 1 atom stereocenters. The van der Waals surface area contributed by atoms with Crippen molar-refractivity contribution in [3.8, 4) is 0 Å². The van der Waals surface area contributed by atoms with Gasteiger partial charge in [0, 0.05) is 24.5 Å². The van der Waals surface area contributed by atoms with Crippen LogP contribution in [0.3, 0.4) is 0 Å². The predicted molar refractivity (Wildman–Crippen MR) is 93.0 cm³/mol. The minimum Gasteiger partial charge on any atom is -0.467 e. The summed E-state index contributed by atoms with van der Waals surface area (Å²) in [5, 5.41) is 0. The molecule has 7 nitrogen and oxygen atoms in total. The highest BCUT2D eigenvalue weighted by molar-refractivity contribution is 9.10. The van der Waals surface area contributed by atoms with E-state index in [2.05, 4.69) is 20.7 Å². The minimum atomic E-state index is -0.685. The van der Waals surface area contributed by atoms with Crippen molar-refractivity contribution in [2.24, 2.45) is 0 Å². The van der Waals surface area contributed by atoms with Crippen LogP contribution in [0.15, 0.2) is 22.7 Å². The molecule has 0 N–H and O–H groups in total. The smallest absolute Gasteiger partial charge is 0.328 e. The van der Waals surface area contributed by atoms with Crippen molar-refractivity contribution in [1.82, 2.24) is 9.80 Å². The Hall–Kier alpha value is -2.22. The first kappa shape index (κ1) is 19.1. The summed E-state index contributed by atoms with van der Waals surface area (Å²) in [5.74, 6) is -1.67. The molecule has 1 aromatic carbocycles. The quantitative estimate of drug-likeness (QED) is 0.527. The number of nitrogens with zero attached hydrogens (tertiary/aromatic N) is 2. The van der Waals surface area contributed by atoms with Gasteiger partial charge in [-0.1, -0.05) is 22.9 Å². The Balaban J connectivity index is 2.04. The fraction of sp³-hybridized carbons (Fsp3) is 0.412. The number of methoxy groups -OCH3 is 1. The van der Waals surface area contributed by atoms with Crippen LogP contribution < -0.4 is 0 Å². The summed E-state index contributed by atoms with van der Waals surface area (Å²) in [7, 11) is 2.77. The number of rotatable bonds is 6. The zero-order valence-corrected chi connectivity index (χ0v) is 15.8. The number of halogens is 1. The van der Waals surface area contributed by atoms with E-state index in [0.717, 1.165) is 4.90 Å². The Morgan fingerprint density at radius 1 is 1.24 bits per heavy atom. The van der Waals surface area contributed by atoms with Gasteiger partial charge in [-0.15, -0.1) is 0 Å². The van der Waals surface area contributed by atoms with Crippen molar-refractivity contribution < 1.29 is 23.9 Å². The normalized spacial score (nSPS) is 14.3. The number of carbonyl (C=O) groups is 4. The molecule has 134 valence electrons. The van der Waals surface area contributed by atoms with Crippen molar-refractivity contribution in [3.05, 3.63) is 33.8 Å². The summed E-state index contributed by atoms with van der Waals surface area (Å²) in [6, 6.07) is 4.18. The lowest BCUT2D eigenvalue weighted by Gasteiger charge is -2.25. The van der Waals surface area contributed by atoms with Crippen molar-refractivity contribution >= 4 is 39.6 Å². The van der Waals surface area contributed by atoms with Crippen LogP contribution in [0.2, 0.25) is 0 Å². The molecule has 0 aromatic heterocycles. The molecule has 1 aliphatic heterocycles. The second kappa shape index (κ2) is 7.77. The van der Waals surface area contributed by atoms with Crippen LogP contribution in [0, 0.1) is 0 Å². The lowest BCUT2D eigenvalue weighted by molar-refractivity contribution is -0.151. The molecule has 0 bridgehead atoms. The van der Waals surface area contributed by atoms with E-state index < -0.39 is 23.8 Å². The first-order valence-electron chi connectivity index (χ1n) is 7.81. The molecule has 1 heterocycles. The number of hydrogen-bond donors (Lipinski definition) is 0. The van der Waals surface area contributed by atoms with E-state index >= 15 is 0 Å². The fourth-order valence-corrected chi connectivity index (χ4v) is 3.12. The summed E-state index contributed by atoms with van der Waals surface area (Å²) in [6.07, 6.45) is 0.354. The van der Waals surface area contributed by atoms with Gasteiger partial charge in [0.05, 0.1) is 18.2 Å². The number of hydrogen-bond acceptors (Lipinski definition) is 5. The molecule has 0 aliphatic carbocycles. The second-order valence-corrected chi connectivity index (χ2v) is 6.57. The number of likely N-dealkylation sites (N-methyl/N-ethyl adjacent to an activating group) is 1. The van der Waals surface area contributed by atoms with E-state index in [0.29, 0.717) is 22.0 Å². The molecule has 0 spiro atoms. The zero-order valence-electron chi connectivity index (χ0n) is 14.2.